The number of aryl methyl sites for hydroxylation is 3. The monoisotopic (exact) mass is 510 g/mol. The Morgan fingerprint density at radius 2 is 1.89 bits per heavy atom. The van der Waals surface area contributed by atoms with Gasteiger partial charge in [0.1, 0.15) is 24.2 Å². The molecule has 3 aromatic carbocycles. The maximum Gasteiger partial charge on any atom is 0.304 e. The average molecular weight is 511 g/mol. The van der Waals surface area contributed by atoms with E-state index in [2.05, 4.69) is 49.1 Å². The van der Waals surface area contributed by atoms with E-state index in [1.807, 2.05) is 24.3 Å². The number of hydrogen-bond acceptors (Lipinski definition) is 4. The molecular weight excluding hydrogens is 476 g/mol. The van der Waals surface area contributed by atoms with Crippen molar-refractivity contribution in [2.24, 2.45) is 0 Å². The summed E-state index contributed by atoms with van der Waals surface area (Å²) in [6.45, 7) is 5.80. The summed E-state index contributed by atoms with van der Waals surface area (Å²) in [5, 5.41) is 9.18. The number of aliphatic carboxylic acids is 1. The third kappa shape index (κ3) is 6.03. The Balaban J connectivity index is 1.33. The number of carboxylic acid groups (broad SMARTS) is 1. The summed E-state index contributed by atoms with van der Waals surface area (Å²) in [6, 6.07) is 18.6. The molecule has 5 nitrogen and oxygen atoms in total. The van der Waals surface area contributed by atoms with Gasteiger partial charge in [-0.15, -0.1) is 5.92 Å². The molecule has 1 aliphatic heterocycles. The minimum absolute atomic E-state index is 0.0142. The molecule has 2 aliphatic rings. The van der Waals surface area contributed by atoms with Crippen LogP contribution in [-0.2, 0) is 29.0 Å². The predicted molar refractivity (Wildman–Crippen MR) is 148 cm³/mol. The minimum atomic E-state index is -0.856. The summed E-state index contributed by atoms with van der Waals surface area (Å²) in [6.07, 6.45) is 4.28. The molecule has 38 heavy (non-hydrogen) atoms. The van der Waals surface area contributed by atoms with Crippen molar-refractivity contribution in [3.8, 4) is 34.5 Å². The van der Waals surface area contributed by atoms with Crippen LogP contribution >= 0.6 is 0 Å². The maximum atomic E-state index is 11.2. The van der Waals surface area contributed by atoms with Gasteiger partial charge in [-0.25, -0.2) is 0 Å². The van der Waals surface area contributed by atoms with Crippen molar-refractivity contribution in [3.63, 3.8) is 0 Å². The van der Waals surface area contributed by atoms with E-state index in [9.17, 15) is 9.90 Å². The molecule has 0 spiro atoms. The molecular formula is C33H34O5. The Labute approximate surface area is 224 Å². The van der Waals surface area contributed by atoms with Crippen molar-refractivity contribution in [2.45, 2.75) is 64.6 Å². The van der Waals surface area contributed by atoms with E-state index in [0.717, 1.165) is 54.9 Å². The predicted octanol–water partition coefficient (Wildman–Crippen LogP) is 6.48. The lowest BCUT2D eigenvalue weighted by molar-refractivity contribution is -0.137. The van der Waals surface area contributed by atoms with Gasteiger partial charge in [-0.2, -0.15) is 0 Å². The molecule has 1 unspecified atom stereocenters. The number of carboxylic acids is 1. The number of carbonyl (C=O) groups is 1. The molecule has 1 fully saturated rings. The van der Waals surface area contributed by atoms with Crippen LogP contribution in [0.4, 0.5) is 0 Å². The summed E-state index contributed by atoms with van der Waals surface area (Å²) in [7, 11) is 0. The minimum Gasteiger partial charge on any atom is -0.489 e. The van der Waals surface area contributed by atoms with Crippen molar-refractivity contribution in [1.29, 1.82) is 0 Å². The maximum absolute atomic E-state index is 11.2. The first-order valence-corrected chi connectivity index (χ1v) is 13.4. The molecule has 1 N–H and O–H groups in total. The van der Waals surface area contributed by atoms with Gasteiger partial charge in [-0.05, 0) is 102 Å². The van der Waals surface area contributed by atoms with Gasteiger partial charge in [0.05, 0.1) is 25.6 Å². The number of rotatable bonds is 8. The SMILES string of the molecule is CC#CC(CC(=O)O)c1ccc(OCc2ccc3c(c2)-c2c(C)cc(O[C@@H]4CCOC4)cc2CCC3)cc1. The summed E-state index contributed by atoms with van der Waals surface area (Å²) in [5.74, 6) is 6.34. The Morgan fingerprint density at radius 3 is 2.63 bits per heavy atom. The molecule has 0 saturated carbocycles. The molecule has 1 heterocycles. The zero-order valence-corrected chi connectivity index (χ0v) is 22.1. The molecule has 0 bridgehead atoms. The highest BCUT2D eigenvalue weighted by Gasteiger charge is 2.21. The summed E-state index contributed by atoms with van der Waals surface area (Å²) >= 11 is 0. The van der Waals surface area contributed by atoms with Crippen molar-refractivity contribution in [3.05, 3.63) is 82.4 Å². The molecule has 0 aromatic heterocycles. The van der Waals surface area contributed by atoms with Gasteiger partial charge in [0.2, 0.25) is 0 Å². The van der Waals surface area contributed by atoms with Gasteiger partial charge in [-0.1, -0.05) is 30.2 Å². The van der Waals surface area contributed by atoms with Crippen molar-refractivity contribution in [2.75, 3.05) is 13.2 Å². The third-order valence-corrected chi connectivity index (χ3v) is 7.30. The van der Waals surface area contributed by atoms with E-state index in [0.29, 0.717) is 13.2 Å². The van der Waals surface area contributed by atoms with E-state index < -0.39 is 5.97 Å². The second-order valence-corrected chi connectivity index (χ2v) is 10.1. The van der Waals surface area contributed by atoms with Gasteiger partial charge >= 0.3 is 5.97 Å². The molecule has 0 amide bonds. The first-order valence-electron chi connectivity index (χ1n) is 13.4. The molecule has 1 saturated heterocycles. The number of ether oxygens (including phenoxy) is 3. The van der Waals surface area contributed by atoms with Crippen LogP contribution in [0.15, 0.2) is 54.6 Å². The Morgan fingerprint density at radius 1 is 1.08 bits per heavy atom. The van der Waals surface area contributed by atoms with Crippen LogP contribution in [0.5, 0.6) is 11.5 Å². The van der Waals surface area contributed by atoms with Crippen molar-refractivity contribution < 1.29 is 24.1 Å². The molecule has 1 aliphatic carbocycles. The standard InChI is InChI=1S/C33H34O5/c1-3-5-26(19-32(34)35)24-10-12-28(13-11-24)37-20-23-8-9-25-6-4-7-27-18-30(38-29-14-15-36-21-29)16-22(2)33(27)31(25)17-23/h8-13,16-18,26,29H,4,6-7,14-15,19-21H2,1-2H3,(H,34,35)/t26?,29-/m1/s1. The highest BCUT2D eigenvalue weighted by Crippen LogP contribution is 2.38. The highest BCUT2D eigenvalue weighted by atomic mass is 16.5. The summed E-state index contributed by atoms with van der Waals surface area (Å²) < 4.78 is 17.8. The smallest absolute Gasteiger partial charge is 0.304 e. The van der Waals surface area contributed by atoms with Gasteiger partial charge < -0.3 is 19.3 Å². The van der Waals surface area contributed by atoms with Crippen LogP contribution in [0.25, 0.3) is 11.1 Å². The van der Waals surface area contributed by atoms with Crippen LogP contribution in [0.2, 0.25) is 0 Å². The summed E-state index contributed by atoms with van der Waals surface area (Å²) in [5.41, 5.74) is 8.56. The average Bonchev–Trinajstić information content (AvgIpc) is 3.33. The largest absolute Gasteiger partial charge is 0.489 e. The van der Waals surface area contributed by atoms with Crippen LogP contribution in [0.1, 0.15) is 59.9 Å². The molecule has 5 heteroatoms. The molecule has 2 atom stereocenters. The third-order valence-electron chi connectivity index (χ3n) is 7.30. The lowest BCUT2D eigenvalue weighted by Crippen LogP contribution is -2.16. The Hall–Kier alpha value is -3.75. The lowest BCUT2D eigenvalue weighted by Gasteiger charge is -2.18. The molecule has 0 radical (unpaired) electrons. The van der Waals surface area contributed by atoms with Crippen LogP contribution in [-0.4, -0.2) is 30.4 Å². The van der Waals surface area contributed by atoms with E-state index in [1.165, 1.54) is 27.8 Å². The van der Waals surface area contributed by atoms with Crippen molar-refractivity contribution >= 4 is 5.97 Å². The second-order valence-electron chi connectivity index (χ2n) is 10.1. The van der Waals surface area contributed by atoms with Crippen molar-refractivity contribution in [1.82, 2.24) is 0 Å². The van der Waals surface area contributed by atoms with Crippen LogP contribution in [0.3, 0.4) is 0 Å². The number of hydrogen-bond donors (Lipinski definition) is 1. The zero-order chi connectivity index (χ0) is 26.5. The first kappa shape index (κ1) is 25.9. The highest BCUT2D eigenvalue weighted by molar-refractivity contribution is 5.76. The van der Waals surface area contributed by atoms with Gasteiger partial charge in [0, 0.05) is 6.42 Å². The Bertz CT molecular complexity index is 1360. The second kappa shape index (κ2) is 11.8. The fraction of sp³-hybridized carbons (Fsp3) is 0.364. The van der Waals surface area contributed by atoms with Gasteiger partial charge in [0.15, 0.2) is 0 Å². The topological polar surface area (TPSA) is 65.0 Å². The van der Waals surface area contributed by atoms with E-state index >= 15 is 0 Å². The number of fused-ring (bicyclic) bond motifs is 3. The van der Waals surface area contributed by atoms with E-state index in [-0.39, 0.29) is 18.4 Å². The fourth-order valence-electron chi connectivity index (χ4n) is 5.47. The van der Waals surface area contributed by atoms with E-state index in [4.69, 9.17) is 14.2 Å². The van der Waals surface area contributed by atoms with Crippen LogP contribution in [0, 0.1) is 18.8 Å². The molecule has 3 aromatic rings. The quantitative estimate of drug-likeness (QED) is 0.352. The molecule has 196 valence electrons. The zero-order valence-electron chi connectivity index (χ0n) is 22.1. The van der Waals surface area contributed by atoms with Gasteiger partial charge in [-0.3, -0.25) is 4.79 Å². The lowest BCUT2D eigenvalue weighted by atomic mass is 9.91. The Kier molecular flexibility index (Phi) is 8.00. The fourth-order valence-corrected chi connectivity index (χ4v) is 5.47. The number of benzene rings is 3. The summed E-state index contributed by atoms with van der Waals surface area (Å²) in [4.78, 5) is 11.2. The van der Waals surface area contributed by atoms with Crippen LogP contribution < -0.4 is 9.47 Å². The first-order chi connectivity index (χ1) is 18.5. The van der Waals surface area contributed by atoms with Gasteiger partial charge in [0.25, 0.3) is 0 Å². The molecule has 5 rings (SSSR count). The normalized spacial score (nSPS) is 16.8. The van der Waals surface area contributed by atoms with E-state index in [1.54, 1.807) is 6.92 Å².